The molecule has 1 aromatic rings. The molecule has 0 aliphatic heterocycles. The Morgan fingerprint density at radius 3 is 2.57 bits per heavy atom. The first-order valence-electron chi connectivity index (χ1n) is 7.61. The predicted octanol–water partition coefficient (Wildman–Crippen LogP) is 2.34. The van der Waals surface area contributed by atoms with Gasteiger partial charge in [0, 0.05) is 0 Å². The molecule has 0 aliphatic rings. The summed E-state index contributed by atoms with van der Waals surface area (Å²) in [5.74, 6) is 0. The number of hydrogen-bond acceptors (Lipinski definition) is 3. The molecule has 1 heterocycles. The predicted molar refractivity (Wildman–Crippen MR) is 80.1 cm³/mol. The van der Waals surface area contributed by atoms with Gasteiger partial charge in [-0.2, -0.15) is 8.42 Å². The Labute approximate surface area is 127 Å². The van der Waals surface area contributed by atoms with Crippen molar-refractivity contribution in [1.29, 1.82) is 0 Å². The molecule has 0 aliphatic carbocycles. The molecule has 0 amide bonds. The summed E-state index contributed by atoms with van der Waals surface area (Å²) in [4.78, 5) is 0. The standard InChI is InChI=1S/C14H26N2O4S/c1-3-4-5-6-7-8-9-15-10-11-16(13-15)12-14(2)20-21(17,18)19/h10-11,13-14H,3-9,12H2,1-2H3/p+1/t14-/m0/s1. The lowest BCUT2D eigenvalue weighted by molar-refractivity contribution is -0.701. The minimum atomic E-state index is -4.38. The maximum Gasteiger partial charge on any atom is 0.397 e. The lowest BCUT2D eigenvalue weighted by Crippen LogP contribution is -2.38. The fraction of sp³-hybridized carbons (Fsp3) is 0.786. The van der Waals surface area contributed by atoms with Crippen LogP contribution in [0.15, 0.2) is 18.7 Å². The van der Waals surface area contributed by atoms with E-state index in [1.807, 2.05) is 23.3 Å². The fourth-order valence-corrected chi connectivity index (χ4v) is 2.76. The Kier molecular flexibility index (Phi) is 7.92. The van der Waals surface area contributed by atoms with Gasteiger partial charge in [-0.3, -0.25) is 4.55 Å². The van der Waals surface area contributed by atoms with Crippen LogP contribution in [0.2, 0.25) is 0 Å². The lowest BCUT2D eigenvalue weighted by Gasteiger charge is -2.06. The van der Waals surface area contributed by atoms with Gasteiger partial charge in [0.15, 0.2) is 0 Å². The number of aryl methyl sites for hydroxylation is 1. The van der Waals surface area contributed by atoms with Crippen LogP contribution in [-0.4, -0.2) is 23.6 Å². The first-order chi connectivity index (χ1) is 9.90. The van der Waals surface area contributed by atoms with Crippen LogP contribution >= 0.6 is 0 Å². The molecular weight excluding hydrogens is 292 g/mol. The number of imidazole rings is 1. The van der Waals surface area contributed by atoms with Gasteiger partial charge in [0.1, 0.15) is 25.0 Å². The molecular formula is C14H27N2O4S+. The van der Waals surface area contributed by atoms with Crippen molar-refractivity contribution in [3.8, 4) is 0 Å². The molecule has 1 rings (SSSR count). The summed E-state index contributed by atoms with van der Waals surface area (Å²) in [5.41, 5.74) is 0. The zero-order chi connectivity index (χ0) is 15.7. The quantitative estimate of drug-likeness (QED) is 0.386. The molecule has 1 aromatic heterocycles. The van der Waals surface area contributed by atoms with Gasteiger partial charge in [-0.15, -0.1) is 0 Å². The Hall–Kier alpha value is -0.920. The van der Waals surface area contributed by atoms with Gasteiger partial charge < -0.3 is 0 Å². The molecule has 122 valence electrons. The Morgan fingerprint density at radius 1 is 1.24 bits per heavy atom. The molecule has 0 aromatic carbocycles. The SMILES string of the molecule is CCCCCCCCn1cc[n+](C[C@H](C)OS(=O)(=O)O)c1. The summed E-state index contributed by atoms with van der Waals surface area (Å²) in [6, 6.07) is 0. The van der Waals surface area contributed by atoms with Crippen LogP contribution in [-0.2, 0) is 27.7 Å². The first kappa shape index (κ1) is 18.1. The third-order valence-electron chi connectivity index (χ3n) is 3.27. The molecule has 1 N–H and O–H groups in total. The third kappa shape index (κ3) is 8.85. The van der Waals surface area contributed by atoms with Crippen LogP contribution in [0.3, 0.4) is 0 Å². The van der Waals surface area contributed by atoms with E-state index in [1.54, 1.807) is 6.92 Å². The minimum absolute atomic E-state index is 0.378. The fourth-order valence-electron chi connectivity index (χ4n) is 2.29. The maximum absolute atomic E-state index is 10.6. The molecule has 0 unspecified atom stereocenters. The molecule has 0 radical (unpaired) electrons. The normalized spacial score (nSPS) is 13.5. The van der Waals surface area contributed by atoms with Crippen molar-refractivity contribution in [3.05, 3.63) is 18.7 Å². The highest BCUT2D eigenvalue weighted by molar-refractivity contribution is 7.80. The summed E-state index contributed by atoms with van der Waals surface area (Å²) in [6.07, 6.45) is 12.7. The number of nitrogens with zero attached hydrogens (tertiary/aromatic N) is 2. The van der Waals surface area contributed by atoms with Crippen LogP contribution in [0.4, 0.5) is 0 Å². The van der Waals surface area contributed by atoms with E-state index in [0.29, 0.717) is 6.54 Å². The summed E-state index contributed by atoms with van der Waals surface area (Å²) >= 11 is 0. The van der Waals surface area contributed by atoms with Crippen LogP contribution < -0.4 is 4.57 Å². The molecule has 0 bridgehead atoms. The topological polar surface area (TPSA) is 72.4 Å². The monoisotopic (exact) mass is 319 g/mol. The van der Waals surface area contributed by atoms with Crippen molar-refractivity contribution in [3.63, 3.8) is 0 Å². The maximum atomic E-state index is 10.6. The van der Waals surface area contributed by atoms with Crippen molar-refractivity contribution in [2.24, 2.45) is 0 Å². The summed E-state index contributed by atoms with van der Waals surface area (Å²) < 4.78 is 38.2. The molecule has 0 spiro atoms. The summed E-state index contributed by atoms with van der Waals surface area (Å²) in [7, 11) is -4.38. The minimum Gasteiger partial charge on any atom is -0.264 e. The zero-order valence-corrected chi connectivity index (χ0v) is 13.8. The van der Waals surface area contributed by atoms with Crippen LogP contribution in [0.25, 0.3) is 0 Å². The third-order valence-corrected chi connectivity index (χ3v) is 3.84. The summed E-state index contributed by atoms with van der Waals surface area (Å²) in [5, 5.41) is 0. The van der Waals surface area contributed by atoms with E-state index in [4.69, 9.17) is 4.55 Å². The van der Waals surface area contributed by atoms with E-state index in [9.17, 15) is 8.42 Å². The number of hydrogen-bond donors (Lipinski definition) is 1. The highest BCUT2D eigenvalue weighted by Gasteiger charge is 2.15. The van der Waals surface area contributed by atoms with E-state index in [1.165, 1.54) is 32.1 Å². The molecule has 6 nitrogen and oxygen atoms in total. The second-order valence-electron chi connectivity index (χ2n) is 5.45. The van der Waals surface area contributed by atoms with E-state index >= 15 is 0 Å². The Balaban J connectivity index is 2.26. The molecule has 1 atom stereocenters. The first-order valence-corrected chi connectivity index (χ1v) is 8.97. The summed E-state index contributed by atoms with van der Waals surface area (Å²) in [6.45, 7) is 5.16. The van der Waals surface area contributed by atoms with Crippen molar-refractivity contribution >= 4 is 10.4 Å². The highest BCUT2D eigenvalue weighted by Crippen LogP contribution is 2.06. The molecule has 0 saturated heterocycles. The largest absolute Gasteiger partial charge is 0.397 e. The molecule has 0 saturated carbocycles. The van der Waals surface area contributed by atoms with Crippen molar-refractivity contribution < 1.29 is 21.7 Å². The van der Waals surface area contributed by atoms with Gasteiger partial charge in [0.05, 0.1) is 6.54 Å². The second kappa shape index (κ2) is 9.17. The Morgan fingerprint density at radius 2 is 1.90 bits per heavy atom. The van der Waals surface area contributed by atoms with Gasteiger partial charge in [0.2, 0.25) is 6.33 Å². The van der Waals surface area contributed by atoms with Gasteiger partial charge in [-0.25, -0.2) is 13.3 Å². The van der Waals surface area contributed by atoms with Crippen molar-refractivity contribution in [2.45, 2.75) is 71.6 Å². The van der Waals surface area contributed by atoms with Gasteiger partial charge in [0.25, 0.3) is 0 Å². The van der Waals surface area contributed by atoms with Gasteiger partial charge in [-0.05, 0) is 19.8 Å². The number of aromatic nitrogens is 2. The molecule has 7 heteroatoms. The van der Waals surface area contributed by atoms with Gasteiger partial charge in [-0.1, -0.05) is 32.6 Å². The average molecular weight is 319 g/mol. The van der Waals surface area contributed by atoms with Crippen molar-refractivity contribution in [2.75, 3.05) is 0 Å². The van der Waals surface area contributed by atoms with E-state index in [0.717, 1.165) is 13.0 Å². The van der Waals surface area contributed by atoms with E-state index in [-0.39, 0.29) is 0 Å². The zero-order valence-electron chi connectivity index (χ0n) is 12.9. The molecule has 0 fully saturated rings. The highest BCUT2D eigenvalue weighted by atomic mass is 32.3. The average Bonchev–Trinajstić information content (AvgIpc) is 2.78. The van der Waals surface area contributed by atoms with Crippen LogP contribution in [0.1, 0.15) is 52.4 Å². The van der Waals surface area contributed by atoms with E-state index < -0.39 is 16.5 Å². The smallest absolute Gasteiger partial charge is 0.264 e. The Bertz CT molecular complexity index is 499. The second-order valence-corrected chi connectivity index (χ2v) is 6.50. The van der Waals surface area contributed by atoms with Gasteiger partial charge >= 0.3 is 10.4 Å². The lowest BCUT2D eigenvalue weighted by atomic mass is 10.1. The van der Waals surface area contributed by atoms with Crippen LogP contribution in [0.5, 0.6) is 0 Å². The number of unbranched alkanes of at least 4 members (excludes halogenated alkanes) is 5. The molecule has 21 heavy (non-hydrogen) atoms. The number of rotatable bonds is 11. The van der Waals surface area contributed by atoms with E-state index in [2.05, 4.69) is 15.7 Å². The van der Waals surface area contributed by atoms with Crippen molar-refractivity contribution in [1.82, 2.24) is 4.57 Å². The van der Waals surface area contributed by atoms with Crippen LogP contribution in [0, 0.1) is 0 Å².